The zero-order valence-corrected chi connectivity index (χ0v) is 12.0. The van der Waals surface area contributed by atoms with Crippen molar-refractivity contribution in [3.63, 3.8) is 0 Å². The van der Waals surface area contributed by atoms with Gasteiger partial charge in [-0.25, -0.2) is 0 Å². The average molecular weight is 253 g/mol. The molecule has 1 aromatic carbocycles. The van der Waals surface area contributed by atoms with Gasteiger partial charge >= 0.3 is 0 Å². The van der Waals surface area contributed by atoms with E-state index in [2.05, 4.69) is 56.2 Å². The molecule has 0 bridgehead atoms. The number of benzene rings is 1. The largest absolute Gasteiger partial charge is 0.312 e. The molecule has 1 heteroatoms. The van der Waals surface area contributed by atoms with Crippen molar-refractivity contribution in [2.75, 3.05) is 4.90 Å². The third-order valence-electron chi connectivity index (χ3n) is 2.68. The topological polar surface area (TPSA) is 3.24 Å². The van der Waals surface area contributed by atoms with Gasteiger partial charge in [-0.1, -0.05) is 57.4 Å². The van der Waals surface area contributed by atoms with Gasteiger partial charge in [-0.15, -0.1) is 0 Å². The second-order valence-corrected chi connectivity index (χ2v) is 4.27. The summed E-state index contributed by atoms with van der Waals surface area (Å²) in [6.45, 7) is 12.5. The van der Waals surface area contributed by atoms with Crippen LogP contribution in [0.5, 0.6) is 0 Å². The first-order chi connectivity index (χ1) is 9.20. The Morgan fingerprint density at radius 2 is 1.42 bits per heavy atom. The fourth-order valence-electron chi connectivity index (χ4n) is 1.75. The van der Waals surface area contributed by atoms with Crippen LogP contribution in [0.2, 0.25) is 0 Å². The molecule has 1 rings (SSSR count). The third kappa shape index (κ3) is 4.63. The molecule has 0 N–H and O–H groups in total. The number of allylic oxidation sites excluding steroid dienone is 4. The Morgan fingerprint density at radius 3 is 1.84 bits per heavy atom. The Labute approximate surface area is 117 Å². The van der Waals surface area contributed by atoms with E-state index < -0.39 is 0 Å². The standard InChI is InChI=1S/C18H23N/c1-5-7-12-16(3)19(17(4)13-8-6-2)18-14-10-9-11-15-18/h7-15H,3-6H2,1-2H3/b12-7-,13-8-. The number of hydrogen-bond donors (Lipinski definition) is 0. The second-order valence-electron chi connectivity index (χ2n) is 4.27. The van der Waals surface area contributed by atoms with Gasteiger partial charge in [0.2, 0.25) is 0 Å². The molecule has 0 unspecified atom stereocenters. The highest BCUT2D eigenvalue weighted by molar-refractivity contribution is 5.61. The zero-order chi connectivity index (χ0) is 14.1. The van der Waals surface area contributed by atoms with Gasteiger partial charge in [0.25, 0.3) is 0 Å². The van der Waals surface area contributed by atoms with Gasteiger partial charge in [0, 0.05) is 17.1 Å². The quantitative estimate of drug-likeness (QED) is 0.584. The van der Waals surface area contributed by atoms with Crippen molar-refractivity contribution >= 4 is 5.69 Å². The molecule has 100 valence electrons. The van der Waals surface area contributed by atoms with Crippen LogP contribution in [0.15, 0.2) is 79.2 Å². The molecule has 0 amide bonds. The normalized spacial score (nSPS) is 11.1. The second kappa shape index (κ2) is 8.15. The van der Waals surface area contributed by atoms with E-state index in [1.54, 1.807) is 0 Å². The van der Waals surface area contributed by atoms with Crippen LogP contribution in [0.1, 0.15) is 26.7 Å². The summed E-state index contributed by atoms with van der Waals surface area (Å²) in [6, 6.07) is 10.2. The lowest BCUT2D eigenvalue weighted by atomic mass is 10.2. The van der Waals surface area contributed by atoms with E-state index in [-0.39, 0.29) is 0 Å². The van der Waals surface area contributed by atoms with Crippen LogP contribution in [0.25, 0.3) is 0 Å². The molecule has 1 nitrogen and oxygen atoms in total. The van der Waals surface area contributed by atoms with Crippen LogP contribution in [-0.4, -0.2) is 0 Å². The van der Waals surface area contributed by atoms with Gasteiger partial charge in [-0.3, -0.25) is 0 Å². The van der Waals surface area contributed by atoms with Crippen LogP contribution in [0.4, 0.5) is 5.69 Å². The minimum Gasteiger partial charge on any atom is -0.312 e. The number of hydrogen-bond acceptors (Lipinski definition) is 1. The van der Waals surface area contributed by atoms with Crippen LogP contribution in [0, 0.1) is 0 Å². The summed E-state index contributed by atoms with van der Waals surface area (Å²) in [6.07, 6.45) is 10.3. The summed E-state index contributed by atoms with van der Waals surface area (Å²) >= 11 is 0. The van der Waals surface area contributed by atoms with Crippen LogP contribution >= 0.6 is 0 Å². The van der Waals surface area contributed by atoms with Gasteiger partial charge in [-0.05, 0) is 37.1 Å². The number of nitrogens with zero attached hydrogens (tertiary/aromatic N) is 1. The molecule has 0 aliphatic rings. The SMILES string of the molecule is C=C(/C=C\CC)N(C(=C)/C=C\CC)c1ccccc1. The van der Waals surface area contributed by atoms with Gasteiger partial charge < -0.3 is 4.90 Å². The third-order valence-corrected chi connectivity index (χ3v) is 2.68. The lowest BCUT2D eigenvalue weighted by Gasteiger charge is -2.25. The molecule has 0 saturated carbocycles. The van der Waals surface area contributed by atoms with E-state index in [0.717, 1.165) is 29.9 Å². The molecule has 0 saturated heterocycles. The van der Waals surface area contributed by atoms with E-state index in [0.29, 0.717) is 0 Å². The van der Waals surface area contributed by atoms with Gasteiger partial charge in [0.15, 0.2) is 0 Å². The molecular weight excluding hydrogens is 230 g/mol. The van der Waals surface area contributed by atoms with Crippen molar-refractivity contribution in [3.05, 3.63) is 79.2 Å². The molecule has 0 heterocycles. The number of rotatable bonds is 7. The van der Waals surface area contributed by atoms with Crippen LogP contribution < -0.4 is 4.90 Å². The molecule has 0 radical (unpaired) electrons. The summed E-state index contributed by atoms with van der Waals surface area (Å²) in [7, 11) is 0. The smallest absolute Gasteiger partial charge is 0.0461 e. The molecule has 0 aliphatic heterocycles. The van der Waals surface area contributed by atoms with Crippen molar-refractivity contribution in [1.29, 1.82) is 0 Å². The van der Waals surface area contributed by atoms with E-state index in [9.17, 15) is 0 Å². The maximum Gasteiger partial charge on any atom is 0.0461 e. The summed E-state index contributed by atoms with van der Waals surface area (Å²) in [5, 5.41) is 0. The molecular formula is C18H23N. The molecule has 0 atom stereocenters. The molecule has 0 aliphatic carbocycles. The van der Waals surface area contributed by atoms with E-state index >= 15 is 0 Å². The van der Waals surface area contributed by atoms with E-state index in [4.69, 9.17) is 0 Å². The Balaban J connectivity index is 3.04. The van der Waals surface area contributed by atoms with Crippen LogP contribution in [0.3, 0.4) is 0 Å². The monoisotopic (exact) mass is 253 g/mol. The lowest BCUT2D eigenvalue weighted by molar-refractivity contribution is 1.13. The summed E-state index contributed by atoms with van der Waals surface area (Å²) in [5.41, 5.74) is 2.94. The fourth-order valence-corrected chi connectivity index (χ4v) is 1.75. The van der Waals surface area contributed by atoms with Gasteiger partial charge in [-0.2, -0.15) is 0 Å². The predicted molar refractivity (Wildman–Crippen MR) is 86.1 cm³/mol. The molecule has 0 spiro atoms. The van der Waals surface area contributed by atoms with Gasteiger partial charge in [0.1, 0.15) is 0 Å². The van der Waals surface area contributed by atoms with Gasteiger partial charge in [0.05, 0.1) is 0 Å². The average Bonchev–Trinajstić information content (AvgIpc) is 2.44. The zero-order valence-electron chi connectivity index (χ0n) is 12.0. The van der Waals surface area contributed by atoms with Crippen molar-refractivity contribution in [1.82, 2.24) is 0 Å². The first-order valence-corrected chi connectivity index (χ1v) is 6.76. The summed E-state index contributed by atoms with van der Waals surface area (Å²) in [5.74, 6) is 0. The van der Waals surface area contributed by atoms with Crippen molar-refractivity contribution in [2.45, 2.75) is 26.7 Å². The Bertz CT molecular complexity index is 440. The fraction of sp³-hybridized carbons (Fsp3) is 0.222. The predicted octanol–water partition coefficient (Wildman–Crippen LogP) is 5.45. The first-order valence-electron chi connectivity index (χ1n) is 6.76. The Morgan fingerprint density at radius 1 is 0.947 bits per heavy atom. The van der Waals surface area contributed by atoms with Crippen molar-refractivity contribution in [3.8, 4) is 0 Å². The lowest BCUT2D eigenvalue weighted by Crippen LogP contribution is -2.18. The van der Waals surface area contributed by atoms with Crippen LogP contribution in [-0.2, 0) is 0 Å². The Hall–Kier alpha value is -2.02. The Kier molecular flexibility index (Phi) is 6.45. The highest BCUT2D eigenvalue weighted by Gasteiger charge is 2.09. The highest BCUT2D eigenvalue weighted by atomic mass is 15.1. The maximum absolute atomic E-state index is 4.14. The highest BCUT2D eigenvalue weighted by Crippen LogP contribution is 2.24. The molecule has 0 fully saturated rings. The summed E-state index contributed by atoms with van der Waals surface area (Å²) < 4.78 is 0. The van der Waals surface area contributed by atoms with E-state index in [1.807, 2.05) is 30.4 Å². The number of anilines is 1. The minimum absolute atomic E-state index is 0.929. The van der Waals surface area contributed by atoms with E-state index in [1.165, 1.54) is 0 Å². The van der Waals surface area contributed by atoms with Crippen molar-refractivity contribution < 1.29 is 0 Å². The molecule has 19 heavy (non-hydrogen) atoms. The molecule has 0 aromatic heterocycles. The minimum atomic E-state index is 0.929. The number of para-hydroxylation sites is 1. The first kappa shape index (κ1) is 15.0. The maximum atomic E-state index is 4.14. The van der Waals surface area contributed by atoms with Crippen molar-refractivity contribution in [2.24, 2.45) is 0 Å². The summed E-state index contributed by atoms with van der Waals surface area (Å²) in [4.78, 5) is 2.07. The molecule has 1 aromatic rings.